The summed E-state index contributed by atoms with van der Waals surface area (Å²) in [6.45, 7) is 7.13. The highest BCUT2D eigenvalue weighted by Gasteiger charge is 2.10. The van der Waals surface area contributed by atoms with Crippen LogP contribution in [0.15, 0.2) is 12.1 Å². The summed E-state index contributed by atoms with van der Waals surface area (Å²) in [4.78, 5) is 4.88. The van der Waals surface area contributed by atoms with Gasteiger partial charge in [0.2, 0.25) is 0 Å². The summed E-state index contributed by atoms with van der Waals surface area (Å²) in [7, 11) is 3.34. The summed E-state index contributed by atoms with van der Waals surface area (Å²) < 4.78 is 5.40. The first-order valence-corrected chi connectivity index (χ1v) is 5.53. The molecule has 1 aromatic rings. The normalized spacial score (nSPS) is 10.9. The van der Waals surface area contributed by atoms with Crippen LogP contribution in [0.3, 0.4) is 0 Å². The summed E-state index contributed by atoms with van der Waals surface area (Å²) in [6.07, 6.45) is 0. The minimum Gasteiger partial charge on any atom is -0.496 e. The lowest BCUT2D eigenvalue weighted by molar-refractivity contribution is 0.0865. The Morgan fingerprint density at radius 2 is 1.94 bits per heavy atom. The molecule has 1 rings (SSSR count). The lowest BCUT2D eigenvalue weighted by Crippen LogP contribution is -2.12. The van der Waals surface area contributed by atoms with Crippen LogP contribution in [0.4, 0.5) is 0 Å². The van der Waals surface area contributed by atoms with Crippen molar-refractivity contribution in [3.8, 4) is 5.75 Å². The molecule has 0 aromatic heterocycles. The molecule has 1 aromatic carbocycles. The van der Waals surface area contributed by atoms with Gasteiger partial charge in [-0.25, -0.2) is 0 Å². The number of nitrogens with one attached hydrogen (secondary N) is 1. The smallest absolute Gasteiger partial charge is 0.122 e. The average Bonchev–Trinajstić information content (AvgIpc) is 2.26. The topological polar surface area (TPSA) is 30.5 Å². The molecule has 0 amide bonds. The van der Waals surface area contributed by atoms with E-state index in [0.29, 0.717) is 12.5 Å². The number of rotatable bonds is 5. The monoisotopic (exact) mass is 223 g/mol. The quantitative estimate of drug-likeness (QED) is 0.779. The van der Waals surface area contributed by atoms with E-state index >= 15 is 0 Å². The van der Waals surface area contributed by atoms with E-state index in [9.17, 15) is 0 Å². The van der Waals surface area contributed by atoms with E-state index in [2.05, 4.69) is 38.4 Å². The molecule has 0 aliphatic heterocycles. The molecule has 3 heteroatoms. The Bertz CT molecular complexity index is 348. The maximum atomic E-state index is 5.40. The zero-order valence-electron chi connectivity index (χ0n) is 10.8. The van der Waals surface area contributed by atoms with E-state index in [1.807, 2.05) is 0 Å². The zero-order valence-corrected chi connectivity index (χ0v) is 10.8. The highest BCUT2D eigenvalue weighted by atomic mass is 16.6. The predicted octanol–water partition coefficient (Wildman–Crippen LogP) is 2.78. The highest BCUT2D eigenvalue weighted by Crippen LogP contribution is 2.29. The van der Waals surface area contributed by atoms with Crippen molar-refractivity contribution in [3.63, 3.8) is 0 Å². The fraction of sp³-hybridized carbons (Fsp3) is 0.538. The number of benzene rings is 1. The number of hydrogen-bond acceptors (Lipinski definition) is 3. The molecular formula is C13H21NO2. The van der Waals surface area contributed by atoms with E-state index in [1.165, 1.54) is 16.7 Å². The van der Waals surface area contributed by atoms with Crippen molar-refractivity contribution in [1.29, 1.82) is 0 Å². The highest BCUT2D eigenvalue weighted by molar-refractivity contribution is 5.43. The molecule has 0 atom stereocenters. The van der Waals surface area contributed by atoms with Gasteiger partial charge in [0.25, 0.3) is 0 Å². The number of hydrogen-bond donors (Lipinski definition) is 1. The van der Waals surface area contributed by atoms with Crippen molar-refractivity contribution in [1.82, 2.24) is 5.48 Å². The lowest BCUT2D eigenvalue weighted by Gasteiger charge is -2.16. The van der Waals surface area contributed by atoms with Gasteiger partial charge in [0.15, 0.2) is 0 Å². The SMILES string of the molecule is CONCc1cc(C(C)C)c(OC)cc1C. The Balaban J connectivity index is 3.06. The van der Waals surface area contributed by atoms with Gasteiger partial charge in [-0.15, -0.1) is 0 Å². The number of ether oxygens (including phenoxy) is 1. The Morgan fingerprint density at radius 3 is 2.44 bits per heavy atom. The number of methoxy groups -OCH3 is 1. The van der Waals surface area contributed by atoms with Gasteiger partial charge in [0.05, 0.1) is 14.2 Å². The average molecular weight is 223 g/mol. The molecule has 0 fully saturated rings. The van der Waals surface area contributed by atoms with Crippen molar-refractivity contribution in [2.75, 3.05) is 14.2 Å². The Kier molecular flexibility index (Phi) is 4.77. The zero-order chi connectivity index (χ0) is 12.1. The first-order valence-electron chi connectivity index (χ1n) is 5.53. The van der Waals surface area contributed by atoms with E-state index in [-0.39, 0.29) is 0 Å². The molecule has 16 heavy (non-hydrogen) atoms. The van der Waals surface area contributed by atoms with E-state index in [1.54, 1.807) is 14.2 Å². The first kappa shape index (κ1) is 13.0. The first-order chi connectivity index (χ1) is 7.60. The van der Waals surface area contributed by atoms with Gasteiger partial charge in [-0.1, -0.05) is 19.9 Å². The Morgan fingerprint density at radius 1 is 1.25 bits per heavy atom. The molecule has 3 nitrogen and oxygen atoms in total. The molecule has 0 spiro atoms. The Hall–Kier alpha value is -1.06. The molecule has 0 bridgehead atoms. The third-order valence-electron chi connectivity index (χ3n) is 2.72. The second-order valence-electron chi connectivity index (χ2n) is 4.20. The van der Waals surface area contributed by atoms with Crippen molar-refractivity contribution in [2.24, 2.45) is 0 Å². The molecule has 0 unspecified atom stereocenters. The van der Waals surface area contributed by atoms with Crippen LogP contribution < -0.4 is 10.2 Å². The van der Waals surface area contributed by atoms with Gasteiger partial charge in [0.1, 0.15) is 5.75 Å². The third-order valence-corrected chi connectivity index (χ3v) is 2.72. The van der Waals surface area contributed by atoms with Gasteiger partial charge >= 0.3 is 0 Å². The van der Waals surface area contributed by atoms with Crippen LogP contribution in [0, 0.1) is 6.92 Å². The molecule has 0 saturated heterocycles. The van der Waals surface area contributed by atoms with Crippen LogP contribution in [-0.4, -0.2) is 14.2 Å². The summed E-state index contributed by atoms with van der Waals surface area (Å²) >= 11 is 0. The summed E-state index contributed by atoms with van der Waals surface area (Å²) in [5, 5.41) is 0. The molecule has 0 saturated carbocycles. The van der Waals surface area contributed by atoms with Gasteiger partial charge < -0.3 is 9.57 Å². The van der Waals surface area contributed by atoms with Crippen LogP contribution in [0.25, 0.3) is 0 Å². The van der Waals surface area contributed by atoms with Crippen molar-refractivity contribution >= 4 is 0 Å². The summed E-state index contributed by atoms with van der Waals surface area (Å²) in [5.41, 5.74) is 6.56. The molecule has 0 heterocycles. The fourth-order valence-corrected chi connectivity index (χ4v) is 1.71. The van der Waals surface area contributed by atoms with Crippen molar-refractivity contribution < 1.29 is 9.57 Å². The molecule has 0 aliphatic rings. The van der Waals surface area contributed by atoms with Crippen LogP contribution >= 0.6 is 0 Å². The van der Waals surface area contributed by atoms with Gasteiger partial charge in [0, 0.05) is 6.54 Å². The maximum absolute atomic E-state index is 5.40. The molecule has 0 aliphatic carbocycles. The molecule has 1 N–H and O–H groups in total. The molecule has 90 valence electrons. The van der Waals surface area contributed by atoms with Crippen molar-refractivity contribution in [2.45, 2.75) is 33.2 Å². The third kappa shape index (κ3) is 2.97. The summed E-state index contributed by atoms with van der Waals surface area (Å²) in [5.74, 6) is 1.42. The fourth-order valence-electron chi connectivity index (χ4n) is 1.71. The lowest BCUT2D eigenvalue weighted by atomic mass is 9.96. The number of hydroxylamine groups is 1. The Labute approximate surface area is 97.7 Å². The van der Waals surface area contributed by atoms with E-state index < -0.39 is 0 Å². The van der Waals surface area contributed by atoms with Crippen LogP contribution in [0.1, 0.15) is 36.5 Å². The van der Waals surface area contributed by atoms with Crippen LogP contribution in [0.2, 0.25) is 0 Å². The van der Waals surface area contributed by atoms with Gasteiger partial charge in [-0.2, -0.15) is 5.48 Å². The number of aryl methyl sites for hydroxylation is 1. The van der Waals surface area contributed by atoms with Gasteiger partial charge in [-0.05, 0) is 35.6 Å². The largest absolute Gasteiger partial charge is 0.496 e. The van der Waals surface area contributed by atoms with Crippen LogP contribution in [-0.2, 0) is 11.4 Å². The molecular weight excluding hydrogens is 202 g/mol. The molecule has 0 radical (unpaired) electrons. The second kappa shape index (κ2) is 5.87. The van der Waals surface area contributed by atoms with E-state index in [0.717, 1.165) is 5.75 Å². The standard InChI is InChI=1S/C13H21NO2/c1-9(2)12-7-11(8-14-16-5)10(3)6-13(12)15-4/h6-7,9,14H,8H2,1-5H3. The predicted molar refractivity (Wildman–Crippen MR) is 65.7 cm³/mol. The maximum Gasteiger partial charge on any atom is 0.122 e. The van der Waals surface area contributed by atoms with Gasteiger partial charge in [-0.3, -0.25) is 0 Å². The summed E-state index contributed by atoms with van der Waals surface area (Å²) in [6, 6.07) is 4.27. The van der Waals surface area contributed by atoms with Crippen LogP contribution in [0.5, 0.6) is 5.75 Å². The minimum absolute atomic E-state index is 0.455. The van der Waals surface area contributed by atoms with Crippen molar-refractivity contribution in [3.05, 3.63) is 28.8 Å². The second-order valence-corrected chi connectivity index (χ2v) is 4.20. The minimum atomic E-state index is 0.455. The van der Waals surface area contributed by atoms with E-state index in [4.69, 9.17) is 9.57 Å².